The third-order valence-electron chi connectivity index (χ3n) is 4.81. The Kier molecular flexibility index (Phi) is 5.50. The van der Waals surface area contributed by atoms with Crippen molar-refractivity contribution in [2.24, 2.45) is 0 Å². The zero-order chi connectivity index (χ0) is 18.5. The van der Waals surface area contributed by atoms with E-state index in [0.29, 0.717) is 18.7 Å². The maximum Gasteiger partial charge on any atom is 0.254 e. The number of ether oxygens (including phenoxy) is 3. The number of pyridine rings is 1. The number of aromatic nitrogens is 1. The molecule has 3 heterocycles. The number of hydrogen-bond donors (Lipinski definition) is 0. The van der Waals surface area contributed by atoms with Gasteiger partial charge in [0.15, 0.2) is 11.5 Å². The van der Waals surface area contributed by atoms with E-state index in [1.807, 2.05) is 23.1 Å². The molecule has 142 valence electrons. The topological polar surface area (TPSA) is 64.1 Å². The lowest BCUT2D eigenvalue weighted by molar-refractivity contribution is 0.0320. The molecule has 0 unspecified atom stereocenters. The van der Waals surface area contributed by atoms with Crippen LogP contribution in [0.4, 0.5) is 0 Å². The fourth-order valence-electron chi connectivity index (χ4n) is 3.28. The summed E-state index contributed by atoms with van der Waals surface area (Å²) >= 11 is 0. The van der Waals surface area contributed by atoms with Gasteiger partial charge >= 0.3 is 0 Å². The third-order valence-corrected chi connectivity index (χ3v) is 4.81. The van der Waals surface area contributed by atoms with Crippen LogP contribution in [-0.4, -0.2) is 66.9 Å². The molecular formula is C20H23N3O4. The van der Waals surface area contributed by atoms with Gasteiger partial charge in [0.2, 0.25) is 6.79 Å². The Morgan fingerprint density at radius 3 is 2.67 bits per heavy atom. The molecule has 0 spiro atoms. The fourth-order valence-corrected chi connectivity index (χ4v) is 3.28. The smallest absolute Gasteiger partial charge is 0.254 e. The first-order chi connectivity index (χ1) is 13.3. The van der Waals surface area contributed by atoms with Gasteiger partial charge in [-0.3, -0.25) is 14.7 Å². The normalized spacial score (nSPS) is 16.3. The number of morpholine rings is 1. The average molecular weight is 369 g/mol. The number of hydrogen-bond acceptors (Lipinski definition) is 6. The van der Waals surface area contributed by atoms with Crippen LogP contribution in [0.25, 0.3) is 0 Å². The second kappa shape index (κ2) is 8.37. The highest BCUT2D eigenvalue weighted by Gasteiger charge is 2.20. The lowest BCUT2D eigenvalue weighted by Crippen LogP contribution is -2.42. The van der Waals surface area contributed by atoms with E-state index >= 15 is 0 Å². The first kappa shape index (κ1) is 17.8. The van der Waals surface area contributed by atoms with Crippen LogP contribution in [0.5, 0.6) is 11.5 Å². The molecule has 1 amide bonds. The number of rotatable bonds is 6. The van der Waals surface area contributed by atoms with Crippen molar-refractivity contribution in [1.29, 1.82) is 0 Å². The van der Waals surface area contributed by atoms with Crippen LogP contribution >= 0.6 is 0 Å². The van der Waals surface area contributed by atoms with E-state index in [4.69, 9.17) is 14.2 Å². The second-order valence-corrected chi connectivity index (χ2v) is 6.60. The summed E-state index contributed by atoms with van der Waals surface area (Å²) in [5.41, 5.74) is 1.66. The lowest BCUT2D eigenvalue weighted by atomic mass is 10.1. The van der Waals surface area contributed by atoms with Gasteiger partial charge in [-0.25, -0.2) is 0 Å². The molecule has 27 heavy (non-hydrogen) atoms. The van der Waals surface area contributed by atoms with Crippen molar-refractivity contribution in [3.05, 3.63) is 53.9 Å². The van der Waals surface area contributed by atoms with E-state index in [1.54, 1.807) is 24.5 Å². The Morgan fingerprint density at radius 1 is 1.07 bits per heavy atom. The minimum absolute atomic E-state index is 0.00308. The van der Waals surface area contributed by atoms with Crippen LogP contribution in [0.2, 0.25) is 0 Å². The number of benzene rings is 1. The molecule has 0 N–H and O–H groups in total. The number of nitrogens with zero attached hydrogens (tertiary/aromatic N) is 3. The van der Waals surface area contributed by atoms with Gasteiger partial charge in [0.05, 0.1) is 13.2 Å². The standard InChI is InChI=1S/C20H23N3O4/c24-20(17-3-5-21-6-4-17)23(8-7-22-9-11-25-12-10-22)14-16-1-2-18-19(13-16)27-15-26-18/h1-6,13H,7-12,14-15H2. The Bertz CT molecular complexity index is 778. The fraction of sp³-hybridized carbons (Fsp3) is 0.400. The van der Waals surface area contributed by atoms with Crippen molar-refractivity contribution in [2.75, 3.05) is 46.2 Å². The predicted molar refractivity (Wildman–Crippen MR) is 98.8 cm³/mol. The Labute approximate surface area is 158 Å². The van der Waals surface area contributed by atoms with Crippen molar-refractivity contribution < 1.29 is 19.0 Å². The zero-order valence-electron chi connectivity index (χ0n) is 15.2. The van der Waals surface area contributed by atoms with Crippen molar-refractivity contribution >= 4 is 5.91 Å². The Morgan fingerprint density at radius 2 is 1.85 bits per heavy atom. The van der Waals surface area contributed by atoms with E-state index < -0.39 is 0 Å². The molecular weight excluding hydrogens is 346 g/mol. The molecule has 2 aliphatic heterocycles. The van der Waals surface area contributed by atoms with E-state index in [0.717, 1.165) is 49.9 Å². The summed E-state index contributed by atoms with van der Waals surface area (Å²) in [7, 11) is 0. The molecule has 7 nitrogen and oxygen atoms in total. The van der Waals surface area contributed by atoms with E-state index in [9.17, 15) is 4.79 Å². The molecule has 0 radical (unpaired) electrons. The molecule has 0 atom stereocenters. The van der Waals surface area contributed by atoms with Crippen LogP contribution in [0, 0.1) is 0 Å². The van der Waals surface area contributed by atoms with Crippen LogP contribution in [-0.2, 0) is 11.3 Å². The zero-order valence-corrected chi connectivity index (χ0v) is 15.2. The summed E-state index contributed by atoms with van der Waals surface area (Å²) in [6.45, 7) is 5.54. The highest BCUT2D eigenvalue weighted by molar-refractivity contribution is 5.94. The van der Waals surface area contributed by atoms with Crippen LogP contribution in [0.3, 0.4) is 0 Å². The molecule has 0 bridgehead atoms. The first-order valence-corrected chi connectivity index (χ1v) is 9.17. The van der Waals surface area contributed by atoms with E-state index in [-0.39, 0.29) is 12.7 Å². The van der Waals surface area contributed by atoms with Gasteiger partial charge in [-0.1, -0.05) is 6.07 Å². The van der Waals surface area contributed by atoms with Gasteiger partial charge in [0, 0.05) is 50.7 Å². The van der Waals surface area contributed by atoms with Gasteiger partial charge in [-0.15, -0.1) is 0 Å². The summed E-state index contributed by atoms with van der Waals surface area (Å²) in [4.78, 5) is 21.3. The molecule has 1 aromatic heterocycles. The Balaban J connectivity index is 1.48. The van der Waals surface area contributed by atoms with Crippen molar-refractivity contribution in [2.45, 2.75) is 6.54 Å². The summed E-state index contributed by atoms with van der Waals surface area (Å²) in [6.07, 6.45) is 3.29. The van der Waals surface area contributed by atoms with Crippen LogP contribution in [0.15, 0.2) is 42.7 Å². The molecule has 0 saturated carbocycles. The lowest BCUT2D eigenvalue weighted by Gasteiger charge is -2.30. The molecule has 4 rings (SSSR count). The molecule has 2 aromatic rings. The van der Waals surface area contributed by atoms with Gasteiger partial charge in [-0.05, 0) is 29.8 Å². The van der Waals surface area contributed by atoms with Gasteiger partial charge in [0.1, 0.15) is 0 Å². The molecule has 1 saturated heterocycles. The largest absolute Gasteiger partial charge is 0.454 e. The summed E-state index contributed by atoms with van der Waals surface area (Å²) in [6, 6.07) is 9.33. The molecule has 1 fully saturated rings. The minimum atomic E-state index is 0.00308. The summed E-state index contributed by atoms with van der Waals surface area (Å²) in [5, 5.41) is 0. The SMILES string of the molecule is O=C(c1ccncc1)N(CCN1CCOCC1)Cc1ccc2c(c1)OCO2. The van der Waals surface area contributed by atoms with Crippen LogP contribution < -0.4 is 9.47 Å². The van der Waals surface area contributed by atoms with Crippen molar-refractivity contribution in [1.82, 2.24) is 14.8 Å². The number of carbonyl (C=O) groups excluding carboxylic acids is 1. The third kappa shape index (κ3) is 4.37. The maximum atomic E-state index is 13.1. The minimum Gasteiger partial charge on any atom is -0.454 e. The molecule has 1 aromatic carbocycles. The first-order valence-electron chi connectivity index (χ1n) is 9.17. The molecule has 7 heteroatoms. The van der Waals surface area contributed by atoms with Crippen molar-refractivity contribution in [3.63, 3.8) is 0 Å². The summed E-state index contributed by atoms with van der Waals surface area (Å²) in [5.74, 6) is 1.49. The second-order valence-electron chi connectivity index (χ2n) is 6.60. The average Bonchev–Trinajstić information content (AvgIpc) is 3.20. The van der Waals surface area contributed by atoms with Crippen molar-refractivity contribution in [3.8, 4) is 11.5 Å². The highest BCUT2D eigenvalue weighted by atomic mass is 16.7. The van der Waals surface area contributed by atoms with Crippen LogP contribution in [0.1, 0.15) is 15.9 Å². The van der Waals surface area contributed by atoms with E-state index in [2.05, 4.69) is 9.88 Å². The summed E-state index contributed by atoms with van der Waals surface area (Å²) < 4.78 is 16.2. The molecule has 0 aliphatic carbocycles. The monoisotopic (exact) mass is 369 g/mol. The van der Waals surface area contributed by atoms with Gasteiger partial charge < -0.3 is 19.1 Å². The predicted octanol–water partition coefficient (Wildman–Crippen LogP) is 1.78. The number of carbonyl (C=O) groups is 1. The number of fused-ring (bicyclic) bond motifs is 1. The Hall–Kier alpha value is -2.64. The van der Waals surface area contributed by atoms with Gasteiger partial charge in [-0.2, -0.15) is 0 Å². The van der Waals surface area contributed by atoms with Gasteiger partial charge in [0.25, 0.3) is 5.91 Å². The maximum absolute atomic E-state index is 13.1. The number of amides is 1. The molecule has 2 aliphatic rings. The quantitative estimate of drug-likeness (QED) is 0.774. The highest BCUT2D eigenvalue weighted by Crippen LogP contribution is 2.32. The van der Waals surface area contributed by atoms with E-state index in [1.165, 1.54) is 0 Å².